The number of aromatic amines is 1. The number of nitrogens with one attached hydrogen (secondary N) is 1. The summed E-state index contributed by atoms with van der Waals surface area (Å²) in [5.74, 6) is 0. The van der Waals surface area contributed by atoms with Crippen molar-refractivity contribution in [3.63, 3.8) is 0 Å². The van der Waals surface area contributed by atoms with Gasteiger partial charge >= 0.3 is 6.09 Å². The van der Waals surface area contributed by atoms with Gasteiger partial charge in [-0.05, 0) is 52.2 Å². The Hall–Kier alpha value is -3.09. The van der Waals surface area contributed by atoms with Crippen LogP contribution in [0.25, 0.3) is 5.65 Å². The maximum absolute atomic E-state index is 13.0. The molecule has 3 aromatic rings. The number of hydrogen-bond acceptors (Lipinski definition) is 4. The average Bonchev–Trinajstić information content (AvgIpc) is 3.07. The standard InChI is InChI=1S/C22H26N4O3/c1-13-14(2)23-19-11-17(24-26(19)20(13)27)18-10-15-8-6-7-9-16(15)12-25(18)21(28)29-22(3,4)5/h6-9,11,18,24H,10,12H2,1-5H3/t18-/m0/s1. The molecule has 4 rings (SSSR count). The highest BCUT2D eigenvalue weighted by Crippen LogP contribution is 2.34. The fraction of sp³-hybridized carbons (Fsp3) is 0.409. The summed E-state index contributed by atoms with van der Waals surface area (Å²) in [6.07, 6.45) is 0.262. The van der Waals surface area contributed by atoms with Crippen LogP contribution < -0.4 is 5.56 Å². The summed E-state index contributed by atoms with van der Waals surface area (Å²) in [6.45, 7) is 9.61. The molecule has 7 nitrogen and oxygen atoms in total. The number of ether oxygens (including phenoxy) is 1. The largest absolute Gasteiger partial charge is 0.444 e. The van der Waals surface area contributed by atoms with Gasteiger partial charge in [-0.2, -0.15) is 0 Å². The molecule has 0 unspecified atom stereocenters. The lowest BCUT2D eigenvalue weighted by atomic mass is 9.92. The van der Waals surface area contributed by atoms with Gasteiger partial charge in [0.1, 0.15) is 5.60 Å². The van der Waals surface area contributed by atoms with Crippen molar-refractivity contribution in [3.8, 4) is 0 Å². The molecule has 0 bridgehead atoms. The van der Waals surface area contributed by atoms with Crippen molar-refractivity contribution >= 4 is 11.7 Å². The SMILES string of the molecule is Cc1nc2cc([C@@H]3Cc4ccccc4CN3C(=O)OC(C)(C)C)[nH]n2c(=O)c1C. The van der Waals surface area contributed by atoms with Crippen LogP contribution in [0.2, 0.25) is 0 Å². The Morgan fingerprint density at radius 3 is 2.59 bits per heavy atom. The smallest absolute Gasteiger partial charge is 0.411 e. The van der Waals surface area contributed by atoms with Crippen LogP contribution in [-0.2, 0) is 17.7 Å². The number of aromatic nitrogens is 3. The highest BCUT2D eigenvalue weighted by Gasteiger charge is 2.35. The van der Waals surface area contributed by atoms with E-state index < -0.39 is 5.60 Å². The van der Waals surface area contributed by atoms with E-state index in [4.69, 9.17) is 4.74 Å². The molecule has 0 saturated carbocycles. The Balaban J connectivity index is 1.80. The van der Waals surface area contributed by atoms with Crippen LogP contribution >= 0.6 is 0 Å². The molecule has 3 heterocycles. The van der Waals surface area contributed by atoms with Crippen LogP contribution in [0.5, 0.6) is 0 Å². The predicted molar refractivity (Wildman–Crippen MR) is 110 cm³/mol. The Morgan fingerprint density at radius 1 is 1.21 bits per heavy atom. The number of aryl methyl sites for hydroxylation is 1. The number of fused-ring (bicyclic) bond motifs is 2. The van der Waals surface area contributed by atoms with Crippen LogP contribution in [0.4, 0.5) is 4.79 Å². The molecule has 1 atom stereocenters. The molecule has 1 aliphatic rings. The van der Waals surface area contributed by atoms with Crippen molar-refractivity contribution in [1.82, 2.24) is 19.5 Å². The van der Waals surface area contributed by atoms with E-state index in [1.165, 1.54) is 10.1 Å². The maximum Gasteiger partial charge on any atom is 0.411 e. The minimum absolute atomic E-state index is 0.126. The Labute approximate surface area is 169 Å². The molecular formula is C22H26N4O3. The number of carbonyl (C=O) groups is 1. The first-order valence-electron chi connectivity index (χ1n) is 9.79. The molecule has 29 heavy (non-hydrogen) atoms. The number of amides is 1. The van der Waals surface area contributed by atoms with Crippen molar-refractivity contribution in [3.05, 3.63) is 68.8 Å². The Kier molecular flexibility index (Phi) is 4.48. The normalized spacial score (nSPS) is 16.7. The van der Waals surface area contributed by atoms with E-state index in [1.54, 1.807) is 11.8 Å². The maximum atomic E-state index is 13.0. The molecule has 1 N–H and O–H groups in total. The second-order valence-electron chi connectivity index (χ2n) is 8.63. The van der Waals surface area contributed by atoms with Gasteiger partial charge in [0, 0.05) is 23.9 Å². The number of nitrogens with zero attached hydrogens (tertiary/aromatic N) is 3. The van der Waals surface area contributed by atoms with Gasteiger partial charge < -0.3 is 4.74 Å². The van der Waals surface area contributed by atoms with Crippen LogP contribution in [0.1, 0.15) is 54.9 Å². The lowest BCUT2D eigenvalue weighted by molar-refractivity contribution is 0.0111. The average molecular weight is 394 g/mol. The number of hydrogen-bond donors (Lipinski definition) is 1. The fourth-order valence-corrected chi connectivity index (χ4v) is 3.72. The topological polar surface area (TPSA) is 79.7 Å². The van der Waals surface area contributed by atoms with Gasteiger partial charge in [0.05, 0.1) is 11.7 Å². The van der Waals surface area contributed by atoms with Crippen molar-refractivity contribution in [2.45, 2.75) is 59.2 Å². The van der Waals surface area contributed by atoms with Crippen LogP contribution in [0, 0.1) is 13.8 Å². The molecule has 1 aromatic carbocycles. The second-order valence-corrected chi connectivity index (χ2v) is 8.63. The third-order valence-corrected chi connectivity index (χ3v) is 5.34. The second kappa shape index (κ2) is 6.76. The molecule has 0 radical (unpaired) electrons. The van der Waals surface area contributed by atoms with Gasteiger partial charge in [0.25, 0.3) is 5.56 Å². The zero-order valence-corrected chi connectivity index (χ0v) is 17.4. The first-order valence-corrected chi connectivity index (χ1v) is 9.79. The number of benzene rings is 1. The van der Waals surface area contributed by atoms with E-state index in [0.29, 0.717) is 29.9 Å². The minimum Gasteiger partial charge on any atom is -0.444 e. The molecular weight excluding hydrogens is 368 g/mol. The molecule has 0 saturated heterocycles. The number of carbonyl (C=O) groups excluding carboxylic acids is 1. The summed E-state index contributed by atoms with van der Waals surface area (Å²) in [5, 5.41) is 3.17. The summed E-state index contributed by atoms with van der Waals surface area (Å²) in [4.78, 5) is 31.9. The third kappa shape index (κ3) is 3.52. The van der Waals surface area contributed by atoms with E-state index in [0.717, 1.165) is 11.3 Å². The molecule has 1 amide bonds. The van der Waals surface area contributed by atoms with E-state index in [-0.39, 0.29) is 17.7 Å². The highest BCUT2D eigenvalue weighted by molar-refractivity contribution is 5.69. The van der Waals surface area contributed by atoms with Crippen molar-refractivity contribution in [1.29, 1.82) is 0 Å². The fourth-order valence-electron chi connectivity index (χ4n) is 3.72. The first kappa shape index (κ1) is 19.2. The van der Waals surface area contributed by atoms with E-state index in [9.17, 15) is 9.59 Å². The quantitative estimate of drug-likeness (QED) is 0.683. The molecule has 0 fully saturated rings. The van der Waals surface area contributed by atoms with Gasteiger partial charge in [-0.3, -0.25) is 14.8 Å². The van der Waals surface area contributed by atoms with E-state index >= 15 is 0 Å². The van der Waals surface area contributed by atoms with Crippen molar-refractivity contribution in [2.75, 3.05) is 0 Å². The predicted octanol–water partition coefficient (Wildman–Crippen LogP) is 3.67. The monoisotopic (exact) mass is 394 g/mol. The van der Waals surface area contributed by atoms with E-state index in [2.05, 4.69) is 16.1 Å². The summed E-state index contributed by atoms with van der Waals surface area (Å²) in [7, 11) is 0. The van der Waals surface area contributed by atoms with Gasteiger partial charge in [0.15, 0.2) is 5.65 Å². The Morgan fingerprint density at radius 2 is 1.90 bits per heavy atom. The first-order chi connectivity index (χ1) is 13.6. The van der Waals surface area contributed by atoms with E-state index in [1.807, 2.05) is 52.0 Å². The summed E-state index contributed by atoms with van der Waals surface area (Å²) >= 11 is 0. The van der Waals surface area contributed by atoms with Gasteiger partial charge in [0.2, 0.25) is 0 Å². The summed E-state index contributed by atoms with van der Waals surface area (Å²) in [6, 6.07) is 9.67. The van der Waals surface area contributed by atoms with Gasteiger partial charge in [-0.25, -0.2) is 14.3 Å². The van der Waals surface area contributed by atoms with Crippen LogP contribution in [0.15, 0.2) is 35.1 Å². The lowest BCUT2D eigenvalue weighted by Crippen LogP contribution is -2.42. The third-order valence-electron chi connectivity index (χ3n) is 5.34. The zero-order chi connectivity index (χ0) is 20.9. The molecule has 152 valence electrons. The van der Waals surface area contributed by atoms with Gasteiger partial charge in [-0.15, -0.1) is 0 Å². The number of rotatable bonds is 1. The van der Waals surface area contributed by atoms with Crippen molar-refractivity contribution in [2.24, 2.45) is 0 Å². The summed E-state index contributed by atoms with van der Waals surface area (Å²) < 4.78 is 7.12. The molecule has 0 aliphatic carbocycles. The minimum atomic E-state index is -0.592. The van der Waals surface area contributed by atoms with Crippen molar-refractivity contribution < 1.29 is 9.53 Å². The Bertz CT molecular complexity index is 1150. The molecule has 1 aliphatic heterocycles. The molecule has 2 aromatic heterocycles. The van der Waals surface area contributed by atoms with Crippen LogP contribution in [0.3, 0.4) is 0 Å². The molecule has 0 spiro atoms. The van der Waals surface area contributed by atoms with Crippen LogP contribution in [-0.4, -0.2) is 31.2 Å². The zero-order valence-electron chi connectivity index (χ0n) is 17.4. The highest BCUT2D eigenvalue weighted by atomic mass is 16.6. The number of H-pyrrole nitrogens is 1. The summed E-state index contributed by atoms with van der Waals surface area (Å²) in [5.41, 5.74) is 4.20. The van der Waals surface area contributed by atoms with Gasteiger partial charge in [-0.1, -0.05) is 24.3 Å². The molecule has 7 heteroatoms. The lowest BCUT2D eigenvalue weighted by Gasteiger charge is -2.37.